The van der Waals surface area contributed by atoms with Crippen LogP contribution in [0.4, 0.5) is 5.69 Å². The van der Waals surface area contributed by atoms with Crippen molar-refractivity contribution in [2.45, 2.75) is 25.9 Å². The van der Waals surface area contributed by atoms with Gasteiger partial charge in [-0.1, -0.05) is 24.3 Å². The second-order valence-electron chi connectivity index (χ2n) is 7.05. The number of rotatable bonds is 6. The summed E-state index contributed by atoms with van der Waals surface area (Å²) in [7, 11) is 1.73. The zero-order chi connectivity index (χ0) is 21.1. The van der Waals surface area contributed by atoms with Gasteiger partial charge in [0.15, 0.2) is 11.5 Å². The van der Waals surface area contributed by atoms with Crippen molar-refractivity contribution in [1.29, 1.82) is 0 Å². The van der Waals surface area contributed by atoms with Gasteiger partial charge in [0, 0.05) is 20.0 Å². The highest BCUT2D eigenvalue weighted by molar-refractivity contribution is 6.38. The lowest BCUT2D eigenvalue weighted by Crippen LogP contribution is -2.43. The molecule has 0 saturated heterocycles. The van der Waals surface area contributed by atoms with Crippen LogP contribution in [0, 0.1) is 0 Å². The minimum atomic E-state index is -0.620. The number of nitrogens with zero attached hydrogens (tertiary/aromatic N) is 3. The fraction of sp³-hybridized carbons (Fsp3) is 0.318. The van der Waals surface area contributed by atoms with Gasteiger partial charge in [0.2, 0.25) is 12.7 Å². The second kappa shape index (κ2) is 8.44. The minimum absolute atomic E-state index is 0.139. The van der Waals surface area contributed by atoms with Gasteiger partial charge in [-0.15, -0.1) is 0 Å². The summed E-state index contributed by atoms with van der Waals surface area (Å²) in [5.74, 6) is 0.742. The van der Waals surface area contributed by atoms with E-state index in [4.69, 9.17) is 14.2 Å². The Morgan fingerprint density at radius 3 is 2.70 bits per heavy atom. The molecule has 8 heteroatoms. The quantitative estimate of drug-likeness (QED) is 0.683. The number of hydrazone groups is 1. The summed E-state index contributed by atoms with van der Waals surface area (Å²) < 4.78 is 15.8. The first-order valence-corrected chi connectivity index (χ1v) is 9.79. The summed E-state index contributed by atoms with van der Waals surface area (Å²) in [6.07, 6.45) is 0.192. The number of benzene rings is 2. The molecule has 1 unspecified atom stereocenters. The highest BCUT2D eigenvalue weighted by atomic mass is 16.7. The predicted octanol–water partition coefficient (Wildman–Crippen LogP) is 2.57. The molecule has 4 rings (SSSR count). The smallest absolute Gasteiger partial charge is 0.354 e. The third kappa shape index (κ3) is 3.94. The molecule has 0 fully saturated rings. The lowest BCUT2D eigenvalue weighted by Gasteiger charge is -2.27. The summed E-state index contributed by atoms with van der Waals surface area (Å²) in [5.41, 5.74) is 1.91. The van der Waals surface area contributed by atoms with Crippen molar-refractivity contribution < 1.29 is 23.8 Å². The topological polar surface area (TPSA) is 80.7 Å². The van der Waals surface area contributed by atoms with Crippen molar-refractivity contribution in [2.75, 3.05) is 25.5 Å². The van der Waals surface area contributed by atoms with Gasteiger partial charge in [-0.25, -0.2) is 4.79 Å². The Balaban J connectivity index is 1.52. The zero-order valence-corrected chi connectivity index (χ0v) is 16.9. The van der Waals surface area contributed by atoms with E-state index < -0.39 is 12.0 Å². The molecule has 2 aromatic rings. The van der Waals surface area contributed by atoms with E-state index in [1.54, 1.807) is 23.9 Å². The van der Waals surface area contributed by atoms with Crippen molar-refractivity contribution in [3.63, 3.8) is 0 Å². The van der Waals surface area contributed by atoms with Crippen molar-refractivity contribution in [3.05, 3.63) is 54.1 Å². The molecule has 1 atom stereocenters. The number of anilines is 1. The van der Waals surface area contributed by atoms with E-state index in [2.05, 4.69) is 5.10 Å². The molecular formula is C22H23N3O5. The van der Waals surface area contributed by atoms with Crippen molar-refractivity contribution in [3.8, 4) is 11.5 Å². The van der Waals surface area contributed by atoms with Gasteiger partial charge >= 0.3 is 5.97 Å². The van der Waals surface area contributed by atoms with Gasteiger partial charge in [-0.05, 0) is 36.8 Å². The summed E-state index contributed by atoms with van der Waals surface area (Å²) >= 11 is 0. The number of hydrogen-bond donors (Lipinski definition) is 0. The fourth-order valence-electron chi connectivity index (χ4n) is 3.50. The summed E-state index contributed by atoms with van der Waals surface area (Å²) in [6, 6.07) is 14.3. The Kier molecular flexibility index (Phi) is 5.56. The largest absolute Gasteiger partial charge is 0.461 e. The van der Waals surface area contributed by atoms with Crippen LogP contribution in [0.25, 0.3) is 0 Å². The number of amides is 1. The highest BCUT2D eigenvalue weighted by Gasteiger charge is 2.38. The van der Waals surface area contributed by atoms with Gasteiger partial charge in [0.05, 0.1) is 12.3 Å². The number of para-hydroxylation sites is 1. The lowest BCUT2D eigenvalue weighted by molar-refractivity contribution is -0.135. The third-order valence-corrected chi connectivity index (χ3v) is 4.96. The SMILES string of the molecule is CCOC(=O)C1=NN(c2ccccc2)C(C(=O)N(C)Cc2ccc3c(c2)OCO3)C1. The molecule has 0 spiro atoms. The van der Waals surface area contributed by atoms with E-state index in [-0.39, 0.29) is 31.4 Å². The molecule has 0 N–H and O–H groups in total. The van der Waals surface area contributed by atoms with Gasteiger partial charge in [0.1, 0.15) is 11.8 Å². The molecule has 156 valence electrons. The maximum atomic E-state index is 13.3. The number of esters is 1. The third-order valence-electron chi connectivity index (χ3n) is 4.96. The molecule has 1 amide bonds. The molecule has 2 aromatic carbocycles. The summed E-state index contributed by atoms with van der Waals surface area (Å²) in [5, 5.41) is 6.01. The fourth-order valence-corrected chi connectivity index (χ4v) is 3.50. The molecule has 2 aliphatic heterocycles. The van der Waals surface area contributed by atoms with Gasteiger partial charge in [-0.3, -0.25) is 9.80 Å². The van der Waals surface area contributed by atoms with E-state index in [9.17, 15) is 9.59 Å². The maximum absolute atomic E-state index is 13.3. The Labute approximate surface area is 174 Å². The Bertz CT molecular complexity index is 976. The van der Waals surface area contributed by atoms with Crippen LogP contribution in [0.2, 0.25) is 0 Å². The number of carbonyl (C=O) groups excluding carboxylic acids is 2. The molecular weight excluding hydrogens is 386 g/mol. The molecule has 30 heavy (non-hydrogen) atoms. The minimum Gasteiger partial charge on any atom is -0.461 e. The van der Waals surface area contributed by atoms with E-state index in [1.165, 1.54) is 0 Å². The van der Waals surface area contributed by atoms with Crippen molar-refractivity contribution in [1.82, 2.24) is 4.90 Å². The zero-order valence-electron chi connectivity index (χ0n) is 16.9. The number of carbonyl (C=O) groups is 2. The van der Waals surface area contributed by atoms with Crippen LogP contribution < -0.4 is 14.5 Å². The van der Waals surface area contributed by atoms with Crippen LogP contribution in [-0.4, -0.2) is 49.0 Å². The molecule has 0 bridgehead atoms. The highest BCUT2D eigenvalue weighted by Crippen LogP contribution is 2.33. The average molecular weight is 409 g/mol. The first kappa shape index (κ1) is 19.8. The molecule has 8 nitrogen and oxygen atoms in total. The molecule has 0 aromatic heterocycles. The normalized spacial score (nSPS) is 16.9. The predicted molar refractivity (Wildman–Crippen MR) is 110 cm³/mol. The molecule has 2 heterocycles. The van der Waals surface area contributed by atoms with E-state index in [1.807, 2.05) is 48.5 Å². The monoisotopic (exact) mass is 409 g/mol. The van der Waals surface area contributed by atoms with Gasteiger partial charge in [-0.2, -0.15) is 5.10 Å². The molecule has 0 saturated carbocycles. The van der Waals surface area contributed by atoms with Crippen molar-refractivity contribution in [2.24, 2.45) is 5.10 Å². The first-order chi connectivity index (χ1) is 14.6. The van der Waals surface area contributed by atoms with Crippen molar-refractivity contribution >= 4 is 23.3 Å². The maximum Gasteiger partial charge on any atom is 0.354 e. The number of ether oxygens (including phenoxy) is 3. The van der Waals surface area contributed by atoms with Crippen LogP contribution in [0.1, 0.15) is 18.9 Å². The molecule has 0 radical (unpaired) electrons. The second-order valence-corrected chi connectivity index (χ2v) is 7.05. The Morgan fingerprint density at radius 1 is 1.17 bits per heavy atom. The average Bonchev–Trinajstić information content (AvgIpc) is 3.41. The number of hydrogen-bond acceptors (Lipinski definition) is 7. The van der Waals surface area contributed by atoms with E-state index in [0.29, 0.717) is 18.0 Å². The number of fused-ring (bicyclic) bond motifs is 1. The van der Waals surface area contributed by atoms with Gasteiger partial charge in [0.25, 0.3) is 0 Å². The van der Waals surface area contributed by atoms with Crippen LogP contribution >= 0.6 is 0 Å². The van der Waals surface area contributed by atoms with E-state index >= 15 is 0 Å². The van der Waals surface area contributed by atoms with Crippen LogP contribution in [0.15, 0.2) is 53.6 Å². The van der Waals surface area contributed by atoms with Crippen LogP contribution in [0.5, 0.6) is 11.5 Å². The lowest BCUT2D eigenvalue weighted by atomic mass is 10.1. The standard InChI is InChI=1S/C22H23N3O5/c1-3-28-22(27)17-12-18(25(23-17)16-7-5-4-6-8-16)21(26)24(2)13-15-9-10-19-20(11-15)30-14-29-19/h4-11,18H,3,12-14H2,1-2H3. The first-order valence-electron chi connectivity index (χ1n) is 9.79. The Hall–Kier alpha value is -3.55. The summed E-state index contributed by atoms with van der Waals surface area (Å²) in [6.45, 7) is 2.59. The molecule has 0 aliphatic carbocycles. The van der Waals surface area contributed by atoms with Gasteiger partial charge < -0.3 is 19.1 Å². The van der Waals surface area contributed by atoms with Crippen LogP contribution in [-0.2, 0) is 20.9 Å². The van der Waals surface area contributed by atoms with Crippen LogP contribution in [0.3, 0.4) is 0 Å². The molecule has 2 aliphatic rings. The van der Waals surface area contributed by atoms with E-state index in [0.717, 1.165) is 11.3 Å². The summed E-state index contributed by atoms with van der Waals surface area (Å²) in [4.78, 5) is 27.2. The Morgan fingerprint density at radius 2 is 1.93 bits per heavy atom. The number of likely N-dealkylation sites (N-methyl/N-ethyl adjacent to an activating group) is 1.